The number of fused-ring (bicyclic) bond motifs is 1. The van der Waals surface area contributed by atoms with Crippen LogP contribution in [0.4, 0.5) is 5.13 Å². The number of carbonyl (C=O) groups excluding carboxylic acids is 1. The summed E-state index contributed by atoms with van der Waals surface area (Å²) in [6.07, 6.45) is 4.76. The smallest absolute Gasteiger partial charge is 0.258 e. The van der Waals surface area contributed by atoms with Gasteiger partial charge in [0.05, 0.1) is 37.1 Å². The highest BCUT2D eigenvalue weighted by atomic mass is 79.9. The summed E-state index contributed by atoms with van der Waals surface area (Å²) < 4.78 is 16.6. The Hall–Kier alpha value is -2.58. The van der Waals surface area contributed by atoms with Gasteiger partial charge < -0.3 is 14.2 Å². The zero-order valence-electron chi connectivity index (χ0n) is 17.6. The minimum atomic E-state index is -0.322. The first-order chi connectivity index (χ1) is 15.0. The molecule has 2 aromatic carbocycles. The number of ether oxygens (including phenoxy) is 3. The van der Waals surface area contributed by atoms with Crippen molar-refractivity contribution < 1.29 is 19.0 Å². The van der Waals surface area contributed by atoms with Crippen molar-refractivity contribution >= 4 is 38.3 Å². The van der Waals surface area contributed by atoms with E-state index in [1.807, 2.05) is 5.38 Å². The Morgan fingerprint density at radius 1 is 1.03 bits per heavy atom. The van der Waals surface area contributed by atoms with E-state index >= 15 is 0 Å². The Morgan fingerprint density at radius 3 is 2.48 bits per heavy atom. The van der Waals surface area contributed by atoms with Crippen LogP contribution in [0.3, 0.4) is 0 Å². The van der Waals surface area contributed by atoms with E-state index in [0.717, 1.165) is 24.1 Å². The maximum Gasteiger partial charge on any atom is 0.258 e. The zero-order chi connectivity index (χ0) is 22.0. The van der Waals surface area contributed by atoms with Gasteiger partial charge in [0.1, 0.15) is 0 Å². The van der Waals surface area contributed by atoms with Gasteiger partial charge in [0.15, 0.2) is 16.6 Å². The highest BCUT2D eigenvalue weighted by molar-refractivity contribution is 9.10. The first kappa shape index (κ1) is 21.6. The number of nitrogens with one attached hydrogen (secondary N) is 1. The third kappa shape index (κ3) is 4.27. The number of amides is 1. The molecule has 1 aliphatic rings. The maximum atomic E-state index is 13.0. The third-order valence-electron chi connectivity index (χ3n) is 5.38. The third-order valence-corrected chi connectivity index (χ3v) is 6.93. The summed E-state index contributed by atoms with van der Waals surface area (Å²) >= 11 is 4.84. The van der Waals surface area contributed by atoms with Crippen molar-refractivity contribution in [3.63, 3.8) is 0 Å². The molecule has 0 saturated heterocycles. The van der Waals surface area contributed by atoms with Crippen LogP contribution < -0.4 is 19.5 Å². The number of carbonyl (C=O) groups is 1. The van der Waals surface area contributed by atoms with Gasteiger partial charge in [0.25, 0.3) is 5.91 Å². The van der Waals surface area contributed by atoms with E-state index in [0.29, 0.717) is 32.4 Å². The fourth-order valence-corrected chi connectivity index (χ4v) is 5.16. The summed E-state index contributed by atoms with van der Waals surface area (Å²) in [5, 5.41) is 5.37. The summed E-state index contributed by atoms with van der Waals surface area (Å²) in [6.45, 7) is 0. The quantitative estimate of drug-likeness (QED) is 0.466. The molecule has 0 unspecified atom stereocenters. The summed E-state index contributed by atoms with van der Waals surface area (Å²) in [6, 6.07) is 8.15. The molecule has 1 aliphatic carbocycles. The lowest BCUT2D eigenvalue weighted by Gasteiger charge is -2.16. The molecule has 162 valence electrons. The van der Waals surface area contributed by atoms with Crippen LogP contribution in [0, 0.1) is 0 Å². The molecule has 8 heteroatoms. The lowest BCUT2D eigenvalue weighted by atomic mass is 9.90. The van der Waals surface area contributed by atoms with Crippen molar-refractivity contribution in [1.29, 1.82) is 0 Å². The van der Waals surface area contributed by atoms with Crippen LogP contribution in [0.25, 0.3) is 11.3 Å². The van der Waals surface area contributed by atoms with Gasteiger partial charge in [-0.25, -0.2) is 4.98 Å². The fraction of sp³-hybridized carbons (Fsp3) is 0.304. The van der Waals surface area contributed by atoms with E-state index in [4.69, 9.17) is 14.2 Å². The van der Waals surface area contributed by atoms with Crippen LogP contribution in [0.15, 0.2) is 34.1 Å². The molecule has 3 aromatic rings. The summed E-state index contributed by atoms with van der Waals surface area (Å²) in [7, 11) is 4.54. The van der Waals surface area contributed by atoms with E-state index in [1.54, 1.807) is 6.07 Å². The predicted octanol–water partition coefficient (Wildman–Crippen LogP) is 5.73. The van der Waals surface area contributed by atoms with Crippen LogP contribution >= 0.6 is 27.3 Å². The Morgan fingerprint density at radius 2 is 1.77 bits per heavy atom. The Balaban J connectivity index is 1.59. The van der Waals surface area contributed by atoms with Gasteiger partial charge in [-0.3, -0.25) is 10.1 Å². The molecule has 1 aromatic heterocycles. The average molecular weight is 503 g/mol. The molecular weight excluding hydrogens is 480 g/mol. The average Bonchev–Trinajstić information content (AvgIpc) is 3.26. The van der Waals surface area contributed by atoms with Gasteiger partial charge in [0.2, 0.25) is 5.75 Å². The van der Waals surface area contributed by atoms with Gasteiger partial charge in [-0.2, -0.15) is 0 Å². The van der Waals surface area contributed by atoms with Crippen molar-refractivity contribution in [2.75, 3.05) is 26.6 Å². The number of nitrogens with zero attached hydrogens (tertiary/aromatic N) is 1. The second-order valence-corrected chi connectivity index (χ2v) is 8.84. The molecule has 31 heavy (non-hydrogen) atoms. The van der Waals surface area contributed by atoms with Crippen LogP contribution in [0.2, 0.25) is 0 Å². The number of rotatable bonds is 6. The molecule has 0 bridgehead atoms. The number of anilines is 1. The number of hydrogen-bond acceptors (Lipinski definition) is 6. The molecule has 0 saturated carbocycles. The molecule has 0 radical (unpaired) electrons. The van der Waals surface area contributed by atoms with Crippen molar-refractivity contribution in [3.8, 4) is 28.5 Å². The fourth-order valence-electron chi connectivity index (χ4n) is 3.81. The second-order valence-electron chi connectivity index (χ2n) is 7.19. The van der Waals surface area contributed by atoms with E-state index in [9.17, 15) is 4.79 Å². The number of aryl methyl sites for hydroxylation is 2. The van der Waals surface area contributed by atoms with Crippen molar-refractivity contribution in [2.24, 2.45) is 0 Å². The van der Waals surface area contributed by atoms with E-state index in [2.05, 4.69) is 44.4 Å². The molecule has 4 rings (SSSR count). The van der Waals surface area contributed by atoms with Crippen LogP contribution in [0.1, 0.15) is 34.3 Å². The van der Waals surface area contributed by atoms with E-state index in [-0.39, 0.29) is 5.91 Å². The van der Waals surface area contributed by atoms with Gasteiger partial charge in [-0.05, 0) is 64.9 Å². The molecule has 0 atom stereocenters. The number of halogens is 1. The lowest BCUT2D eigenvalue weighted by Crippen LogP contribution is -2.13. The Kier molecular flexibility index (Phi) is 6.48. The molecule has 1 heterocycles. The highest BCUT2D eigenvalue weighted by Crippen LogP contribution is 2.45. The largest absolute Gasteiger partial charge is 0.493 e. The van der Waals surface area contributed by atoms with Crippen LogP contribution in [-0.2, 0) is 12.8 Å². The predicted molar refractivity (Wildman–Crippen MR) is 126 cm³/mol. The van der Waals surface area contributed by atoms with Gasteiger partial charge in [-0.15, -0.1) is 11.3 Å². The van der Waals surface area contributed by atoms with Crippen molar-refractivity contribution in [2.45, 2.75) is 25.7 Å². The van der Waals surface area contributed by atoms with Gasteiger partial charge >= 0.3 is 0 Å². The highest BCUT2D eigenvalue weighted by Gasteiger charge is 2.23. The zero-order valence-corrected chi connectivity index (χ0v) is 20.0. The molecule has 1 N–H and O–H groups in total. The second kappa shape index (κ2) is 9.28. The van der Waals surface area contributed by atoms with Crippen LogP contribution in [-0.4, -0.2) is 32.2 Å². The minimum Gasteiger partial charge on any atom is -0.493 e. The van der Waals surface area contributed by atoms with Crippen molar-refractivity contribution in [1.82, 2.24) is 4.98 Å². The monoisotopic (exact) mass is 502 g/mol. The molecule has 0 spiro atoms. The molecule has 6 nitrogen and oxygen atoms in total. The first-order valence-electron chi connectivity index (χ1n) is 9.93. The summed E-state index contributed by atoms with van der Waals surface area (Å²) in [4.78, 5) is 17.6. The Labute approximate surface area is 193 Å². The molecule has 1 amide bonds. The van der Waals surface area contributed by atoms with Crippen LogP contribution in [0.5, 0.6) is 17.2 Å². The minimum absolute atomic E-state index is 0.322. The normalized spacial score (nSPS) is 12.8. The summed E-state index contributed by atoms with van der Waals surface area (Å²) in [5.41, 5.74) is 5.14. The van der Waals surface area contributed by atoms with E-state index < -0.39 is 0 Å². The SMILES string of the molecule is COc1cc(C(=O)Nc2nc(-c3ccc4c(c3)CCCC4)cs2)c(Br)c(OC)c1OC. The molecule has 0 fully saturated rings. The maximum absolute atomic E-state index is 13.0. The lowest BCUT2D eigenvalue weighted by molar-refractivity contribution is 0.102. The number of methoxy groups -OCH3 is 3. The topological polar surface area (TPSA) is 69.7 Å². The van der Waals surface area contributed by atoms with Crippen molar-refractivity contribution in [3.05, 3.63) is 50.8 Å². The van der Waals surface area contributed by atoms with Gasteiger partial charge in [-0.1, -0.05) is 12.1 Å². The Bertz CT molecular complexity index is 1130. The number of aromatic nitrogens is 1. The number of thiazole rings is 1. The molecular formula is C23H23BrN2O4S. The molecule has 0 aliphatic heterocycles. The van der Waals surface area contributed by atoms with E-state index in [1.165, 1.54) is 56.6 Å². The number of hydrogen-bond donors (Lipinski definition) is 1. The summed E-state index contributed by atoms with van der Waals surface area (Å²) in [5.74, 6) is 0.886. The first-order valence-corrected chi connectivity index (χ1v) is 11.6. The van der Waals surface area contributed by atoms with Gasteiger partial charge in [0, 0.05) is 10.9 Å². The number of benzene rings is 2. The standard InChI is InChI=1S/C23H23BrN2O4S/c1-28-18-11-16(19(24)21(30-3)20(18)29-2)22(27)26-23-25-17(12-31-23)15-9-8-13-6-4-5-7-14(13)10-15/h8-12H,4-7H2,1-3H3,(H,25,26,27).